The number of hydrogen-bond acceptors (Lipinski definition) is 5. The van der Waals surface area contributed by atoms with Crippen LogP contribution in [0.4, 0.5) is 5.69 Å². The Morgan fingerprint density at radius 1 is 1.33 bits per heavy atom. The molecule has 1 aromatic heterocycles. The van der Waals surface area contributed by atoms with Crippen molar-refractivity contribution >= 4 is 45.4 Å². The molecule has 0 atom stereocenters. The number of halogens is 1. The third kappa shape index (κ3) is 4.38. The molecule has 21 heavy (non-hydrogen) atoms. The van der Waals surface area contributed by atoms with Crippen molar-refractivity contribution in [3.8, 4) is 0 Å². The van der Waals surface area contributed by atoms with E-state index in [9.17, 15) is 14.9 Å². The summed E-state index contributed by atoms with van der Waals surface area (Å²) < 4.78 is 0.871. The summed E-state index contributed by atoms with van der Waals surface area (Å²) >= 11 is 1.34. The lowest BCUT2D eigenvalue weighted by Gasteiger charge is -2.02. The minimum absolute atomic E-state index is 0. The second-order valence-corrected chi connectivity index (χ2v) is 5.39. The van der Waals surface area contributed by atoms with Crippen molar-refractivity contribution in [2.45, 2.75) is 6.42 Å². The number of thiophene rings is 1. The molecular formula is C13H16ClN3O3S. The molecule has 0 fully saturated rings. The lowest BCUT2D eigenvalue weighted by Crippen LogP contribution is -2.25. The average molecular weight is 330 g/mol. The van der Waals surface area contributed by atoms with Gasteiger partial charge in [0.15, 0.2) is 0 Å². The molecule has 2 N–H and O–H groups in total. The van der Waals surface area contributed by atoms with Gasteiger partial charge in [-0.2, -0.15) is 0 Å². The van der Waals surface area contributed by atoms with Crippen LogP contribution in [0.3, 0.4) is 0 Å². The summed E-state index contributed by atoms with van der Waals surface area (Å²) in [7, 11) is 1.86. The van der Waals surface area contributed by atoms with Gasteiger partial charge < -0.3 is 10.6 Å². The molecule has 0 saturated carbocycles. The number of rotatable bonds is 6. The summed E-state index contributed by atoms with van der Waals surface area (Å²) in [5.74, 6) is -0.134. The van der Waals surface area contributed by atoms with Crippen molar-refractivity contribution < 1.29 is 9.72 Å². The van der Waals surface area contributed by atoms with Gasteiger partial charge in [-0.25, -0.2) is 0 Å². The number of nitro benzene ring substituents is 1. The molecule has 0 bridgehead atoms. The summed E-state index contributed by atoms with van der Waals surface area (Å²) in [4.78, 5) is 22.8. The van der Waals surface area contributed by atoms with Crippen LogP contribution in [0.15, 0.2) is 24.3 Å². The van der Waals surface area contributed by atoms with E-state index in [1.165, 1.54) is 23.5 Å². The number of carbonyl (C=O) groups is 1. The number of nitrogens with one attached hydrogen (secondary N) is 2. The van der Waals surface area contributed by atoms with E-state index >= 15 is 0 Å². The monoisotopic (exact) mass is 329 g/mol. The first-order chi connectivity index (χ1) is 9.61. The van der Waals surface area contributed by atoms with E-state index in [1.54, 1.807) is 12.1 Å². The third-order valence-corrected chi connectivity index (χ3v) is 3.94. The van der Waals surface area contributed by atoms with Crippen molar-refractivity contribution in [2.24, 2.45) is 0 Å². The first-order valence-electron chi connectivity index (χ1n) is 6.22. The van der Waals surface area contributed by atoms with Crippen molar-refractivity contribution in [1.82, 2.24) is 10.6 Å². The van der Waals surface area contributed by atoms with Crippen LogP contribution in [0, 0.1) is 10.1 Å². The van der Waals surface area contributed by atoms with E-state index in [0.29, 0.717) is 11.4 Å². The Kier molecular flexibility index (Phi) is 6.54. The normalized spacial score (nSPS) is 10.1. The molecular weight excluding hydrogens is 314 g/mol. The maximum Gasteiger partial charge on any atom is 0.270 e. The second kappa shape index (κ2) is 7.92. The third-order valence-electron chi connectivity index (χ3n) is 2.82. The number of nitro groups is 1. The van der Waals surface area contributed by atoms with Crippen LogP contribution in [0.25, 0.3) is 10.1 Å². The van der Waals surface area contributed by atoms with Crippen LogP contribution < -0.4 is 10.6 Å². The molecule has 0 aliphatic rings. The van der Waals surface area contributed by atoms with Crippen LogP contribution in [0.5, 0.6) is 0 Å². The summed E-state index contributed by atoms with van der Waals surface area (Å²) in [5.41, 5.74) is 0.0382. The number of amides is 1. The van der Waals surface area contributed by atoms with Gasteiger partial charge in [-0.05, 0) is 32.1 Å². The van der Waals surface area contributed by atoms with Gasteiger partial charge in [0.1, 0.15) is 0 Å². The predicted octanol–water partition coefficient (Wildman–Crippen LogP) is 2.57. The van der Waals surface area contributed by atoms with Gasteiger partial charge >= 0.3 is 0 Å². The summed E-state index contributed by atoms with van der Waals surface area (Å²) in [5, 5.41) is 17.3. The zero-order valence-corrected chi connectivity index (χ0v) is 13.1. The maximum absolute atomic E-state index is 11.9. The molecule has 1 aromatic carbocycles. The molecule has 8 heteroatoms. The van der Waals surface area contributed by atoms with Crippen LogP contribution in [-0.2, 0) is 0 Å². The van der Waals surface area contributed by atoms with E-state index < -0.39 is 4.92 Å². The molecule has 2 rings (SSSR count). The molecule has 6 nitrogen and oxygen atoms in total. The van der Waals surface area contributed by atoms with Gasteiger partial charge in [0.2, 0.25) is 0 Å². The summed E-state index contributed by atoms with van der Waals surface area (Å²) in [6.07, 6.45) is 0.860. The molecule has 0 aliphatic carbocycles. The minimum atomic E-state index is -0.436. The lowest BCUT2D eigenvalue weighted by molar-refractivity contribution is -0.384. The highest BCUT2D eigenvalue weighted by molar-refractivity contribution is 7.20. The first-order valence-corrected chi connectivity index (χ1v) is 7.04. The Morgan fingerprint density at radius 2 is 2.10 bits per heavy atom. The number of carbonyl (C=O) groups excluding carboxylic acids is 1. The molecule has 114 valence electrons. The molecule has 0 aliphatic heterocycles. The van der Waals surface area contributed by atoms with Crippen molar-refractivity contribution in [1.29, 1.82) is 0 Å². The summed E-state index contributed by atoms with van der Waals surface area (Å²) in [6.45, 7) is 1.45. The van der Waals surface area contributed by atoms with Gasteiger partial charge in [0, 0.05) is 28.8 Å². The van der Waals surface area contributed by atoms with E-state index in [4.69, 9.17) is 0 Å². The molecule has 1 heterocycles. The topological polar surface area (TPSA) is 84.3 Å². The number of hydrogen-bond donors (Lipinski definition) is 2. The van der Waals surface area contributed by atoms with Crippen molar-refractivity contribution in [3.05, 3.63) is 39.3 Å². The van der Waals surface area contributed by atoms with Gasteiger partial charge in [-0.1, -0.05) is 0 Å². The Balaban J connectivity index is 0.00000220. The van der Waals surface area contributed by atoms with Crippen LogP contribution in [0.1, 0.15) is 16.1 Å². The van der Waals surface area contributed by atoms with Crippen molar-refractivity contribution in [3.63, 3.8) is 0 Å². The van der Waals surface area contributed by atoms with E-state index in [1.807, 2.05) is 7.05 Å². The fourth-order valence-electron chi connectivity index (χ4n) is 1.81. The van der Waals surface area contributed by atoms with Gasteiger partial charge in [0.25, 0.3) is 11.6 Å². The highest BCUT2D eigenvalue weighted by Crippen LogP contribution is 2.28. The minimum Gasteiger partial charge on any atom is -0.351 e. The Morgan fingerprint density at radius 3 is 2.76 bits per heavy atom. The maximum atomic E-state index is 11.9. The molecule has 0 saturated heterocycles. The van der Waals surface area contributed by atoms with E-state index in [-0.39, 0.29) is 24.0 Å². The SMILES string of the molecule is CNCCCNC(=O)c1cc2cc([N+](=O)[O-])ccc2s1.Cl. The Labute approximate surface area is 132 Å². The van der Waals surface area contributed by atoms with E-state index in [0.717, 1.165) is 23.1 Å². The average Bonchev–Trinajstić information content (AvgIpc) is 2.86. The molecule has 2 aromatic rings. The van der Waals surface area contributed by atoms with E-state index in [2.05, 4.69) is 10.6 Å². The number of benzene rings is 1. The highest BCUT2D eigenvalue weighted by atomic mass is 35.5. The molecule has 0 spiro atoms. The fourth-order valence-corrected chi connectivity index (χ4v) is 2.77. The number of fused-ring (bicyclic) bond motifs is 1. The first kappa shape index (κ1) is 17.4. The standard InChI is InChI=1S/C13H15N3O3S.ClH/c1-14-5-2-6-15-13(17)12-8-9-7-10(16(18)19)3-4-11(9)20-12;/h3-4,7-8,14H,2,5-6H2,1H3,(H,15,17);1H. The zero-order valence-electron chi connectivity index (χ0n) is 11.4. The largest absolute Gasteiger partial charge is 0.351 e. The smallest absolute Gasteiger partial charge is 0.270 e. The van der Waals surface area contributed by atoms with Gasteiger partial charge in [-0.15, -0.1) is 23.7 Å². The van der Waals surface area contributed by atoms with Gasteiger partial charge in [0.05, 0.1) is 9.80 Å². The van der Waals surface area contributed by atoms with Crippen LogP contribution in [-0.4, -0.2) is 31.0 Å². The van der Waals surface area contributed by atoms with Crippen LogP contribution >= 0.6 is 23.7 Å². The van der Waals surface area contributed by atoms with Crippen molar-refractivity contribution in [2.75, 3.05) is 20.1 Å². The Hall–Kier alpha value is -1.70. The lowest BCUT2D eigenvalue weighted by atomic mass is 10.2. The number of non-ortho nitro benzene ring substituents is 1. The van der Waals surface area contributed by atoms with Gasteiger partial charge in [-0.3, -0.25) is 14.9 Å². The molecule has 1 amide bonds. The highest BCUT2D eigenvalue weighted by Gasteiger charge is 2.12. The van der Waals surface area contributed by atoms with Crippen LogP contribution in [0.2, 0.25) is 0 Å². The molecule has 0 unspecified atom stereocenters. The zero-order chi connectivity index (χ0) is 14.5. The molecule has 0 radical (unpaired) electrons. The number of nitrogens with zero attached hydrogens (tertiary/aromatic N) is 1. The second-order valence-electron chi connectivity index (χ2n) is 4.30. The quantitative estimate of drug-likeness (QED) is 0.484. The fraction of sp³-hybridized carbons (Fsp3) is 0.308. The Bertz CT molecular complexity index is 645. The summed E-state index contributed by atoms with van der Waals surface area (Å²) in [6, 6.07) is 6.31. The predicted molar refractivity (Wildman–Crippen MR) is 86.6 cm³/mol.